The van der Waals surface area contributed by atoms with E-state index >= 15 is 0 Å². The zero-order valence-corrected chi connectivity index (χ0v) is 18.6. The second-order valence-corrected chi connectivity index (χ2v) is 10.2. The van der Waals surface area contributed by atoms with Gasteiger partial charge in [0, 0.05) is 43.8 Å². The van der Waals surface area contributed by atoms with Gasteiger partial charge in [-0.2, -0.15) is 4.31 Å². The van der Waals surface area contributed by atoms with Crippen molar-refractivity contribution in [3.05, 3.63) is 29.8 Å². The van der Waals surface area contributed by atoms with Crippen molar-refractivity contribution in [1.29, 1.82) is 0 Å². The van der Waals surface area contributed by atoms with Crippen LogP contribution in [0.4, 0.5) is 0 Å². The number of amides is 1. The standard InChI is InChI=1S/C21H35N3O3S/c1-16(2)24(17(3)4)15-12-22-21(25)19-6-8-20(9-7-19)28(26,27)23-13-10-18(5)11-14-23/h6-9,16-18H,10-15H2,1-5H3,(H,22,25). The lowest BCUT2D eigenvalue weighted by Crippen LogP contribution is -2.42. The molecule has 0 spiro atoms. The SMILES string of the molecule is CC1CCN(S(=O)(=O)c2ccc(C(=O)NCCN(C(C)C)C(C)C)cc2)CC1. The average Bonchev–Trinajstić information content (AvgIpc) is 2.65. The third-order valence-electron chi connectivity index (χ3n) is 5.48. The summed E-state index contributed by atoms with van der Waals surface area (Å²) in [5, 5.41) is 2.93. The molecular formula is C21H35N3O3S. The summed E-state index contributed by atoms with van der Waals surface area (Å²) in [6.07, 6.45) is 1.78. The summed E-state index contributed by atoms with van der Waals surface area (Å²) in [5.74, 6) is 0.392. The van der Waals surface area contributed by atoms with E-state index in [9.17, 15) is 13.2 Å². The lowest BCUT2D eigenvalue weighted by molar-refractivity contribution is 0.0939. The van der Waals surface area contributed by atoms with Crippen LogP contribution in [-0.2, 0) is 10.0 Å². The Morgan fingerprint density at radius 2 is 1.64 bits per heavy atom. The molecule has 6 nitrogen and oxygen atoms in total. The largest absolute Gasteiger partial charge is 0.351 e. The van der Waals surface area contributed by atoms with Gasteiger partial charge in [0.25, 0.3) is 5.91 Å². The van der Waals surface area contributed by atoms with Gasteiger partial charge in [0.05, 0.1) is 4.90 Å². The molecule has 0 bridgehead atoms. The molecule has 1 aromatic carbocycles. The van der Waals surface area contributed by atoms with Crippen LogP contribution in [0.5, 0.6) is 0 Å². The number of benzene rings is 1. The van der Waals surface area contributed by atoms with Crippen molar-refractivity contribution in [2.45, 2.75) is 64.4 Å². The van der Waals surface area contributed by atoms with Crippen LogP contribution in [0, 0.1) is 5.92 Å². The van der Waals surface area contributed by atoms with Gasteiger partial charge in [-0.3, -0.25) is 9.69 Å². The Morgan fingerprint density at radius 1 is 1.11 bits per heavy atom. The highest BCUT2D eigenvalue weighted by Crippen LogP contribution is 2.23. The molecule has 0 radical (unpaired) electrons. The van der Waals surface area contributed by atoms with Crippen LogP contribution in [0.25, 0.3) is 0 Å². The monoisotopic (exact) mass is 409 g/mol. The lowest BCUT2D eigenvalue weighted by Gasteiger charge is -2.30. The topological polar surface area (TPSA) is 69.7 Å². The molecule has 0 saturated carbocycles. The number of piperidine rings is 1. The minimum absolute atomic E-state index is 0.178. The molecule has 1 aliphatic rings. The maximum Gasteiger partial charge on any atom is 0.251 e. The van der Waals surface area contributed by atoms with Crippen LogP contribution >= 0.6 is 0 Å². The number of hydrogen-bond donors (Lipinski definition) is 1. The van der Waals surface area contributed by atoms with E-state index in [0.29, 0.717) is 43.2 Å². The van der Waals surface area contributed by atoms with Gasteiger partial charge in [-0.05, 0) is 70.7 Å². The van der Waals surface area contributed by atoms with E-state index in [4.69, 9.17) is 0 Å². The Bertz CT molecular complexity index is 729. The van der Waals surface area contributed by atoms with Crippen molar-refractivity contribution >= 4 is 15.9 Å². The number of carbonyl (C=O) groups excluding carboxylic acids is 1. The second kappa shape index (κ2) is 9.85. The van der Waals surface area contributed by atoms with Crippen LogP contribution in [0.15, 0.2) is 29.2 Å². The van der Waals surface area contributed by atoms with Gasteiger partial charge in [0.2, 0.25) is 10.0 Å². The first kappa shape index (κ1) is 22.8. The molecule has 1 saturated heterocycles. The van der Waals surface area contributed by atoms with Crippen molar-refractivity contribution < 1.29 is 13.2 Å². The van der Waals surface area contributed by atoms with Crippen molar-refractivity contribution in [3.63, 3.8) is 0 Å². The van der Waals surface area contributed by atoms with E-state index < -0.39 is 10.0 Å². The highest BCUT2D eigenvalue weighted by molar-refractivity contribution is 7.89. The first-order chi connectivity index (χ1) is 13.1. The fourth-order valence-corrected chi connectivity index (χ4v) is 5.14. The highest BCUT2D eigenvalue weighted by atomic mass is 32.2. The van der Waals surface area contributed by atoms with Crippen LogP contribution < -0.4 is 5.32 Å². The Balaban J connectivity index is 1.95. The van der Waals surface area contributed by atoms with E-state index in [-0.39, 0.29) is 10.8 Å². The molecule has 2 rings (SSSR count). The fourth-order valence-electron chi connectivity index (χ4n) is 3.67. The lowest BCUT2D eigenvalue weighted by atomic mass is 10.0. The molecule has 1 aliphatic heterocycles. The quantitative estimate of drug-likeness (QED) is 0.717. The molecule has 1 fully saturated rings. The number of nitrogens with one attached hydrogen (secondary N) is 1. The summed E-state index contributed by atoms with van der Waals surface area (Å²) < 4.78 is 27.1. The van der Waals surface area contributed by atoms with Gasteiger partial charge in [0.15, 0.2) is 0 Å². The second-order valence-electron chi connectivity index (χ2n) is 8.29. The maximum atomic E-state index is 12.8. The van der Waals surface area contributed by atoms with E-state index in [2.05, 4.69) is 44.8 Å². The van der Waals surface area contributed by atoms with Gasteiger partial charge in [-0.15, -0.1) is 0 Å². The molecule has 158 valence electrons. The molecule has 0 atom stereocenters. The Morgan fingerprint density at radius 3 is 2.14 bits per heavy atom. The molecule has 0 aromatic heterocycles. The Kier molecular flexibility index (Phi) is 8.04. The highest BCUT2D eigenvalue weighted by Gasteiger charge is 2.28. The molecular weight excluding hydrogens is 374 g/mol. The van der Waals surface area contributed by atoms with Gasteiger partial charge >= 0.3 is 0 Å². The number of rotatable bonds is 8. The zero-order chi connectivity index (χ0) is 20.9. The minimum atomic E-state index is -3.48. The third kappa shape index (κ3) is 5.78. The molecule has 0 aliphatic carbocycles. The predicted molar refractivity (Wildman–Crippen MR) is 113 cm³/mol. The third-order valence-corrected chi connectivity index (χ3v) is 7.39. The summed E-state index contributed by atoms with van der Waals surface area (Å²) >= 11 is 0. The molecule has 28 heavy (non-hydrogen) atoms. The summed E-state index contributed by atoms with van der Waals surface area (Å²) in [6.45, 7) is 13.2. The first-order valence-corrected chi connectivity index (χ1v) is 11.7. The van der Waals surface area contributed by atoms with Crippen molar-refractivity contribution in [2.24, 2.45) is 5.92 Å². The molecule has 1 aromatic rings. The molecule has 1 heterocycles. The summed E-state index contributed by atoms with van der Waals surface area (Å²) in [4.78, 5) is 14.9. The van der Waals surface area contributed by atoms with Gasteiger partial charge in [-0.1, -0.05) is 6.92 Å². The minimum Gasteiger partial charge on any atom is -0.351 e. The average molecular weight is 410 g/mol. The van der Waals surface area contributed by atoms with Crippen LogP contribution in [0.2, 0.25) is 0 Å². The number of nitrogens with zero attached hydrogens (tertiary/aromatic N) is 2. The zero-order valence-electron chi connectivity index (χ0n) is 17.8. The van der Waals surface area contributed by atoms with E-state index in [1.807, 2.05) is 0 Å². The smallest absolute Gasteiger partial charge is 0.251 e. The molecule has 1 N–H and O–H groups in total. The van der Waals surface area contributed by atoms with Crippen LogP contribution in [-0.4, -0.2) is 61.8 Å². The number of carbonyl (C=O) groups is 1. The predicted octanol–water partition coefficient (Wildman–Crippen LogP) is 2.96. The van der Waals surface area contributed by atoms with Gasteiger partial charge in [-0.25, -0.2) is 8.42 Å². The van der Waals surface area contributed by atoms with Crippen molar-refractivity contribution in [3.8, 4) is 0 Å². The molecule has 1 amide bonds. The molecule has 7 heteroatoms. The normalized spacial score (nSPS) is 16.9. The summed E-state index contributed by atoms with van der Waals surface area (Å²) in [7, 11) is -3.48. The fraction of sp³-hybridized carbons (Fsp3) is 0.667. The van der Waals surface area contributed by atoms with E-state index in [0.717, 1.165) is 19.4 Å². The van der Waals surface area contributed by atoms with Crippen LogP contribution in [0.3, 0.4) is 0 Å². The van der Waals surface area contributed by atoms with Gasteiger partial charge < -0.3 is 5.32 Å². The number of sulfonamides is 1. The Labute approximate surface area is 170 Å². The van der Waals surface area contributed by atoms with Crippen molar-refractivity contribution in [2.75, 3.05) is 26.2 Å². The first-order valence-electron chi connectivity index (χ1n) is 10.3. The van der Waals surface area contributed by atoms with Gasteiger partial charge in [0.1, 0.15) is 0 Å². The summed E-state index contributed by atoms with van der Waals surface area (Å²) in [5.41, 5.74) is 0.479. The summed E-state index contributed by atoms with van der Waals surface area (Å²) in [6, 6.07) is 7.10. The van der Waals surface area contributed by atoms with E-state index in [1.54, 1.807) is 16.4 Å². The van der Waals surface area contributed by atoms with Crippen molar-refractivity contribution in [1.82, 2.24) is 14.5 Å². The number of hydrogen-bond acceptors (Lipinski definition) is 4. The molecule has 0 unspecified atom stereocenters. The Hall–Kier alpha value is -1.44. The van der Waals surface area contributed by atoms with Crippen LogP contribution in [0.1, 0.15) is 57.8 Å². The van der Waals surface area contributed by atoms with E-state index in [1.165, 1.54) is 12.1 Å². The maximum absolute atomic E-state index is 12.8.